The topological polar surface area (TPSA) is 71.1 Å². The maximum atomic E-state index is 12.4. The molecule has 0 saturated heterocycles. The molecule has 0 aliphatic rings. The van der Waals surface area contributed by atoms with Crippen LogP contribution in [0.5, 0.6) is 0 Å². The maximum Gasteiger partial charge on any atom is 0.234 e. The molecule has 1 aromatic heterocycles. The van der Waals surface area contributed by atoms with Crippen LogP contribution >= 0.6 is 23.1 Å². The van der Waals surface area contributed by atoms with Crippen molar-refractivity contribution in [1.82, 2.24) is 4.98 Å². The van der Waals surface area contributed by atoms with Crippen molar-refractivity contribution in [2.45, 2.75) is 44.9 Å². The van der Waals surface area contributed by atoms with E-state index in [4.69, 9.17) is 0 Å². The van der Waals surface area contributed by atoms with Crippen molar-refractivity contribution in [3.63, 3.8) is 0 Å². The number of aryl methyl sites for hydroxylation is 3. The van der Waals surface area contributed by atoms with Crippen molar-refractivity contribution in [1.29, 1.82) is 0 Å². The molecule has 152 valence electrons. The van der Waals surface area contributed by atoms with Crippen LogP contribution in [0.3, 0.4) is 0 Å². The molecule has 2 N–H and O–H groups in total. The summed E-state index contributed by atoms with van der Waals surface area (Å²) in [5, 5.41) is 5.93. The van der Waals surface area contributed by atoms with Crippen molar-refractivity contribution < 1.29 is 9.59 Å². The molecule has 3 rings (SSSR count). The van der Waals surface area contributed by atoms with Gasteiger partial charge in [0.2, 0.25) is 11.8 Å². The second kappa shape index (κ2) is 9.41. The van der Waals surface area contributed by atoms with E-state index in [1.54, 1.807) is 0 Å². The molecule has 1 heterocycles. The van der Waals surface area contributed by atoms with Gasteiger partial charge in [0.1, 0.15) is 0 Å². The Kier molecular flexibility index (Phi) is 6.92. The molecule has 0 fully saturated rings. The zero-order chi connectivity index (χ0) is 21.0. The number of thiazole rings is 1. The van der Waals surface area contributed by atoms with E-state index in [-0.39, 0.29) is 11.8 Å². The number of rotatable bonds is 7. The third-order valence-electron chi connectivity index (χ3n) is 4.40. The van der Waals surface area contributed by atoms with Crippen LogP contribution in [0.1, 0.15) is 36.5 Å². The first-order valence-corrected chi connectivity index (χ1v) is 11.4. The lowest BCUT2D eigenvalue weighted by Crippen LogP contribution is -2.15. The average Bonchev–Trinajstić information content (AvgIpc) is 3.05. The molecular weight excluding hydrogens is 402 g/mol. The van der Waals surface area contributed by atoms with Gasteiger partial charge in [-0.2, -0.15) is 0 Å². The summed E-state index contributed by atoms with van der Waals surface area (Å²) < 4.78 is 1.83. The highest BCUT2D eigenvalue weighted by Crippen LogP contribution is 2.31. The predicted molar refractivity (Wildman–Crippen MR) is 123 cm³/mol. The summed E-state index contributed by atoms with van der Waals surface area (Å²) in [5.41, 5.74) is 5.86. The lowest BCUT2D eigenvalue weighted by atomic mass is 10.1. The predicted octanol–water partition coefficient (Wildman–Crippen LogP) is 5.69. The lowest BCUT2D eigenvalue weighted by Gasteiger charge is -2.12. The van der Waals surface area contributed by atoms with Gasteiger partial charge in [-0.05, 0) is 56.5 Å². The number of thioether (sulfide) groups is 1. The number of fused-ring (bicyclic) bond motifs is 1. The van der Waals surface area contributed by atoms with Gasteiger partial charge in [0.05, 0.1) is 16.0 Å². The number of hydrogen-bond acceptors (Lipinski definition) is 5. The molecule has 0 radical (unpaired) electrons. The third kappa shape index (κ3) is 5.58. The van der Waals surface area contributed by atoms with E-state index in [0.717, 1.165) is 43.5 Å². The largest absolute Gasteiger partial charge is 0.326 e. The monoisotopic (exact) mass is 427 g/mol. The summed E-state index contributed by atoms with van der Waals surface area (Å²) in [7, 11) is 0. The number of nitrogens with zero attached hydrogens (tertiary/aromatic N) is 1. The van der Waals surface area contributed by atoms with Gasteiger partial charge >= 0.3 is 0 Å². The van der Waals surface area contributed by atoms with Crippen LogP contribution in [0.15, 0.2) is 34.7 Å². The number of hydrogen-bond donors (Lipinski definition) is 2. The summed E-state index contributed by atoms with van der Waals surface area (Å²) >= 11 is 2.95. The van der Waals surface area contributed by atoms with Crippen molar-refractivity contribution in [2.24, 2.45) is 0 Å². The number of aromatic nitrogens is 1. The van der Waals surface area contributed by atoms with Crippen molar-refractivity contribution in [2.75, 3.05) is 16.4 Å². The van der Waals surface area contributed by atoms with Gasteiger partial charge in [-0.15, -0.1) is 11.3 Å². The molecule has 0 bridgehead atoms. The Bertz CT molecular complexity index is 1040. The van der Waals surface area contributed by atoms with Crippen molar-refractivity contribution in [3.05, 3.63) is 47.0 Å². The fraction of sp³-hybridized carbons (Fsp3) is 0.318. The Hall–Kier alpha value is -2.38. The Morgan fingerprint density at radius 1 is 1.03 bits per heavy atom. The summed E-state index contributed by atoms with van der Waals surface area (Å²) in [4.78, 5) is 28.8. The lowest BCUT2D eigenvalue weighted by molar-refractivity contribution is -0.116. The van der Waals surface area contributed by atoms with Gasteiger partial charge in [-0.1, -0.05) is 36.4 Å². The normalized spacial score (nSPS) is 10.9. The zero-order valence-corrected chi connectivity index (χ0v) is 18.7. The van der Waals surface area contributed by atoms with E-state index in [1.165, 1.54) is 28.7 Å². The van der Waals surface area contributed by atoms with Crippen molar-refractivity contribution >= 4 is 56.5 Å². The van der Waals surface area contributed by atoms with Crippen molar-refractivity contribution in [3.8, 4) is 0 Å². The highest BCUT2D eigenvalue weighted by Gasteiger charge is 2.12. The number of carbonyl (C=O) groups excluding carboxylic acids is 2. The van der Waals surface area contributed by atoms with Crippen LogP contribution in [0, 0.1) is 20.8 Å². The highest BCUT2D eigenvalue weighted by atomic mass is 32.2. The second-order valence-corrected chi connectivity index (χ2v) is 9.32. The summed E-state index contributed by atoms with van der Waals surface area (Å²) in [6, 6.07) is 9.83. The van der Waals surface area contributed by atoms with E-state index in [9.17, 15) is 9.59 Å². The van der Waals surface area contributed by atoms with Gasteiger partial charge < -0.3 is 10.6 Å². The van der Waals surface area contributed by atoms with Gasteiger partial charge in [-0.3, -0.25) is 9.59 Å². The van der Waals surface area contributed by atoms with Gasteiger partial charge in [0, 0.05) is 17.8 Å². The molecule has 5 nitrogen and oxygen atoms in total. The first-order valence-electron chi connectivity index (χ1n) is 9.56. The smallest absolute Gasteiger partial charge is 0.234 e. The molecule has 0 unspecified atom stereocenters. The third-order valence-corrected chi connectivity index (χ3v) is 6.56. The highest BCUT2D eigenvalue weighted by molar-refractivity contribution is 8.01. The number of benzene rings is 2. The van der Waals surface area contributed by atoms with E-state index in [0.29, 0.717) is 12.2 Å². The average molecular weight is 428 g/mol. The number of anilines is 2. The van der Waals surface area contributed by atoms with Crippen LogP contribution < -0.4 is 10.6 Å². The first kappa shape index (κ1) is 21.3. The van der Waals surface area contributed by atoms with E-state index >= 15 is 0 Å². The minimum Gasteiger partial charge on any atom is -0.326 e. The molecule has 0 saturated carbocycles. The maximum absolute atomic E-state index is 12.4. The second-order valence-electron chi connectivity index (χ2n) is 7.07. The molecule has 2 aromatic carbocycles. The van der Waals surface area contributed by atoms with Gasteiger partial charge in [0.25, 0.3) is 0 Å². The standard InChI is InChI=1S/C22H25N3O2S2/c1-5-6-19(26)23-16-7-8-17-18(11-16)29-22(24-17)28-12-20(27)25-21-14(3)9-13(2)10-15(21)4/h7-11H,5-6,12H2,1-4H3,(H,23,26)(H,25,27). The molecule has 0 atom stereocenters. The molecule has 29 heavy (non-hydrogen) atoms. The molecule has 7 heteroatoms. The van der Waals surface area contributed by atoms with Crippen LogP contribution in [0.4, 0.5) is 11.4 Å². The van der Waals surface area contributed by atoms with E-state index in [1.807, 2.05) is 39.0 Å². The summed E-state index contributed by atoms with van der Waals surface area (Å²) in [6.07, 6.45) is 1.33. The van der Waals surface area contributed by atoms with Crippen LogP contribution in [-0.4, -0.2) is 22.6 Å². The first-order chi connectivity index (χ1) is 13.9. The zero-order valence-electron chi connectivity index (χ0n) is 17.1. The number of amides is 2. The Balaban J connectivity index is 1.63. The molecule has 3 aromatic rings. The number of carbonyl (C=O) groups is 2. The molecule has 0 aliphatic carbocycles. The molecule has 0 aliphatic heterocycles. The van der Waals surface area contributed by atoms with E-state index in [2.05, 4.69) is 34.7 Å². The van der Waals surface area contributed by atoms with E-state index < -0.39 is 0 Å². The summed E-state index contributed by atoms with van der Waals surface area (Å²) in [5.74, 6) is 0.272. The Morgan fingerprint density at radius 3 is 2.45 bits per heavy atom. The van der Waals surface area contributed by atoms with Crippen LogP contribution in [0.2, 0.25) is 0 Å². The minimum absolute atomic E-state index is 0.0179. The minimum atomic E-state index is -0.0446. The quantitative estimate of drug-likeness (QED) is 0.475. The van der Waals surface area contributed by atoms with Crippen LogP contribution in [0.25, 0.3) is 10.2 Å². The fourth-order valence-electron chi connectivity index (χ4n) is 3.17. The molecular formula is C22H25N3O2S2. The Morgan fingerprint density at radius 2 is 1.76 bits per heavy atom. The SMILES string of the molecule is CCCC(=O)Nc1ccc2nc(SCC(=O)Nc3c(C)cc(C)cc3C)sc2c1. The number of nitrogens with one attached hydrogen (secondary N) is 2. The Labute approximate surface area is 179 Å². The molecule has 2 amide bonds. The van der Waals surface area contributed by atoms with Gasteiger partial charge in [-0.25, -0.2) is 4.98 Å². The fourth-order valence-corrected chi connectivity index (χ4v) is 5.08. The van der Waals surface area contributed by atoms with Crippen LogP contribution in [-0.2, 0) is 9.59 Å². The molecule has 0 spiro atoms. The van der Waals surface area contributed by atoms with Gasteiger partial charge in [0.15, 0.2) is 4.34 Å². The summed E-state index contributed by atoms with van der Waals surface area (Å²) in [6.45, 7) is 8.04.